The number of methoxy groups -OCH3 is 2. The number of benzene rings is 2. The second kappa shape index (κ2) is 7.09. The Labute approximate surface area is 138 Å². The Morgan fingerprint density at radius 2 is 1.86 bits per heavy atom. The second-order valence-electron chi connectivity index (χ2n) is 4.56. The van der Waals surface area contributed by atoms with Gasteiger partial charge in [0.1, 0.15) is 11.5 Å². The second-order valence-corrected chi connectivity index (χ2v) is 6.43. The van der Waals surface area contributed by atoms with Gasteiger partial charge in [-0.25, -0.2) is 0 Å². The van der Waals surface area contributed by atoms with E-state index >= 15 is 0 Å². The van der Waals surface area contributed by atoms with Crippen LogP contribution in [0.15, 0.2) is 39.7 Å². The van der Waals surface area contributed by atoms with Crippen LogP contribution >= 0.6 is 27.7 Å². The van der Waals surface area contributed by atoms with Crippen molar-refractivity contribution in [3.8, 4) is 11.5 Å². The summed E-state index contributed by atoms with van der Waals surface area (Å²) in [5, 5.41) is 0. The highest BCUT2D eigenvalue weighted by atomic mass is 79.9. The van der Waals surface area contributed by atoms with E-state index in [1.54, 1.807) is 26.0 Å². The van der Waals surface area contributed by atoms with Crippen molar-refractivity contribution in [1.82, 2.24) is 0 Å². The molecule has 0 aliphatic heterocycles. The van der Waals surface area contributed by atoms with Crippen molar-refractivity contribution in [1.29, 1.82) is 0 Å². The van der Waals surface area contributed by atoms with Gasteiger partial charge in [-0.05, 0) is 52.7 Å². The maximum absolute atomic E-state index is 5.95. The van der Waals surface area contributed by atoms with Crippen molar-refractivity contribution in [3.05, 3.63) is 45.9 Å². The fourth-order valence-electron chi connectivity index (χ4n) is 1.98. The minimum atomic E-state index is 0.789. The molecule has 5 heteroatoms. The zero-order valence-electron chi connectivity index (χ0n) is 12.3. The van der Waals surface area contributed by atoms with Crippen LogP contribution in [0.5, 0.6) is 11.5 Å². The Hall–Kier alpha value is -1.33. The molecule has 0 amide bonds. The zero-order valence-corrected chi connectivity index (χ0v) is 14.7. The first kappa shape index (κ1) is 16.0. The minimum Gasteiger partial charge on any atom is -0.496 e. The monoisotopic (exact) mass is 367 g/mol. The van der Waals surface area contributed by atoms with Crippen LogP contribution in [0.2, 0.25) is 0 Å². The average Bonchev–Trinajstić information content (AvgIpc) is 2.49. The molecule has 2 aromatic rings. The third kappa shape index (κ3) is 3.66. The van der Waals surface area contributed by atoms with Gasteiger partial charge in [0, 0.05) is 21.9 Å². The van der Waals surface area contributed by atoms with Crippen molar-refractivity contribution in [2.75, 3.05) is 20.0 Å². The Morgan fingerprint density at radius 3 is 2.52 bits per heavy atom. The lowest BCUT2D eigenvalue weighted by molar-refractivity contribution is 0.398. The van der Waals surface area contributed by atoms with Crippen LogP contribution < -0.4 is 15.2 Å². The quantitative estimate of drug-likeness (QED) is 0.616. The van der Waals surface area contributed by atoms with Gasteiger partial charge in [0.05, 0.1) is 18.7 Å². The molecular weight excluding hydrogens is 350 g/mol. The number of halogens is 1. The molecule has 0 atom stereocenters. The molecule has 0 aromatic heterocycles. The molecule has 0 fully saturated rings. The summed E-state index contributed by atoms with van der Waals surface area (Å²) in [6.45, 7) is 2.04. The predicted molar refractivity (Wildman–Crippen MR) is 92.4 cm³/mol. The van der Waals surface area contributed by atoms with Crippen LogP contribution in [0.1, 0.15) is 11.1 Å². The van der Waals surface area contributed by atoms with Crippen LogP contribution in [-0.2, 0) is 5.75 Å². The van der Waals surface area contributed by atoms with Crippen molar-refractivity contribution >= 4 is 33.4 Å². The largest absolute Gasteiger partial charge is 0.496 e. The maximum Gasteiger partial charge on any atom is 0.133 e. The van der Waals surface area contributed by atoms with Gasteiger partial charge >= 0.3 is 0 Å². The number of rotatable bonds is 5. The molecule has 0 aliphatic carbocycles. The number of nitrogens with two attached hydrogens (primary N) is 1. The van der Waals surface area contributed by atoms with Gasteiger partial charge in [-0.2, -0.15) is 0 Å². The summed E-state index contributed by atoms with van der Waals surface area (Å²) in [6, 6.07) is 9.91. The summed E-state index contributed by atoms with van der Waals surface area (Å²) in [5.74, 6) is 2.43. The first-order valence-electron chi connectivity index (χ1n) is 6.45. The third-order valence-electron chi connectivity index (χ3n) is 3.26. The van der Waals surface area contributed by atoms with E-state index in [-0.39, 0.29) is 0 Å². The fourth-order valence-corrected chi connectivity index (χ4v) is 3.51. The fraction of sp³-hybridized carbons (Fsp3) is 0.250. The number of hydrogen-bond donors (Lipinski definition) is 1. The smallest absolute Gasteiger partial charge is 0.133 e. The van der Waals surface area contributed by atoms with E-state index in [1.165, 1.54) is 4.90 Å². The molecule has 0 unspecified atom stereocenters. The molecule has 0 saturated heterocycles. The zero-order chi connectivity index (χ0) is 15.4. The molecule has 0 bridgehead atoms. The minimum absolute atomic E-state index is 0.789. The molecular formula is C16H18BrNO2S. The molecule has 2 rings (SSSR count). The van der Waals surface area contributed by atoms with Gasteiger partial charge in [0.2, 0.25) is 0 Å². The Bertz CT molecular complexity index is 646. The van der Waals surface area contributed by atoms with Gasteiger partial charge in [-0.3, -0.25) is 0 Å². The first-order chi connectivity index (χ1) is 10.1. The van der Waals surface area contributed by atoms with Gasteiger partial charge < -0.3 is 15.2 Å². The lowest BCUT2D eigenvalue weighted by Crippen LogP contribution is -1.95. The SMILES string of the molecule is COc1cc(CSc2cccc(N)c2C)c(OC)cc1Br. The summed E-state index contributed by atoms with van der Waals surface area (Å²) >= 11 is 5.21. The van der Waals surface area contributed by atoms with E-state index in [9.17, 15) is 0 Å². The molecule has 21 heavy (non-hydrogen) atoms. The highest BCUT2D eigenvalue weighted by Crippen LogP contribution is 2.37. The molecule has 0 saturated carbocycles. The van der Waals surface area contributed by atoms with Crippen LogP contribution in [0.3, 0.4) is 0 Å². The van der Waals surface area contributed by atoms with Gasteiger partial charge in [-0.15, -0.1) is 11.8 Å². The van der Waals surface area contributed by atoms with Crippen LogP contribution in [0.25, 0.3) is 0 Å². The van der Waals surface area contributed by atoms with Crippen molar-refractivity contribution < 1.29 is 9.47 Å². The van der Waals surface area contributed by atoms with E-state index in [4.69, 9.17) is 15.2 Å². The van der Waals surface area contributed by atoms with Crippen molar-refractivity contribution in [2.24, 2.45) is 0 Å². The Kier molecular flexibility index (Phi) is 5.42. The number of ether oxygens (including phenoxy) is 2. The summed E-state index contributed by atoms with van der Waals surface area (Å²) in [7, 11) is 3.33. The number of hydrogen-bond acceptors (Lipinski definition) is 4. The topological polar surface area (TPSA) is 44.5 Å². The highest BCUT2D eigenvalue weighted by molar-refractivity contribution is 9.10. The van der Waals surface area contributed by atoms with E-state index in [0.717, 1.165) is 38.5 Å². The van der Waals surface area contributed by atoms with E-state index in [0.29, 0.717) is 0 Å². The van der Waals surface area contributed by atoms with Gasteiger partial charge in [0.15, 0.2) is 0 Å². The lowest BCUT2D eigenvalue weighted by Gasteiger charge is -2.13. The molecule has 0 heterocycles. The standard InChI is InChI=1S/C16H18BrNO2S/c1-10-13(18)5-4-6-16(10)21-9-11-7-15(20-3)12(17)8-14(11)19-2/h4-8H,9,18H2,1-3H3. The number of anilines is 1. The third-order valence-corrected chi connectivity index (χ3v) is 5.09. The van der Waals surface area contributed by atoms with Crippen LogP contribution in [0.4, 0.5) is 5.69 Å². The highest BCUT2D eigenvalue weighted by Gasteiger charge is 2.11. The first-order valence-corrected chi connectivity index (χ1v) is 8.23. The summed E-state index contributed by atoms with van der Waals surface area (Å²) in [4.78, 5) is 1.18. The Balaban J connectivity index is 2.25. The molecule has 112 valence electrons. The van der Waals surface area contributed by atoms with Gasteiger partial charge in [-0.1, -0.05) is 6.07 Å². The predicted octanol–water partition coefficient (Wildman–Crippen LogP) is 4.65. The van der Waals surface area contributed by atoms with Crippen molar-refractivity contribution in [2.45, 2.75) is 17.6 Å². The van der Waals surface area contributed by atoms with E-state index in [1.807, 2.05) is 31.2 Å². The van der Waals surface area contributed by atoms with E-state index < -0.39 is 0 Å². The molecule has 3 nitrogen and oxygen atoms in total. The normalized spacial score (nSPS) is 10.5. The van der Waals surface area contributed by atoms with E-state index in [2.05, 4.69) is 22.0 Å². The summed E-state index contributed by atoms with van der Waals surface area (Å²) in [5.41, 5.74) is 8.97. The molecule has 2 aromatic carbocycles. The molecule has 2 N–H and O–H groups in total. The lowest BCUT2D eigenvalue weighted by atomic mass is 10.2. The van der Waals surface area contributed by atoms with Crippen LogP contribution in [0, 0.1) is 6.92 Å². The average molecular weight is 368 g/mol. The maximum atomic E-state index is 5.95. The van der Waals surface area contributed by atoms with Gasteiger partial charge in [0.25, 0.3) is 0 Å². The van der Waals surface area contributed by atoms with Crippen LogP contribution in [-0.4, -0.2) is 14.2 Å². The molecule has 0 radical (unpaired) electrons. The number of thioether (sulfide) groups is 1. The Morgan fingerprint density at radius 1 is 1.14 bits per heavy atom. The van der Waals surface area contributed by atoms with Crippen molar-refractivity contribution in [3.63, 3.8) is 0 Å². The molecule has 0 spiro atoms. The molecule has 0 aliphatic rings. The number of nitrogen functional groups attached to an aromatic ring is 1. The summed E-state index contributed by atoms with van der Waals surface area (Å²) in [6.07, 6.45) is 0. The summed E-state index contributed by atoms with van der Waals surface area (Å²) < 4.78 is 11.7.